The van der Waals surface area contributed by atoms with Crippen molar-refractivity contribution in [1.29, 1.82) is 0 Å². The van der Waals surface area contributed by atoms with Gasteiger partial charge < -0.3 is 4.90 Å². The summed E-state index contributed by atoms with van der Waals surface area (Å²) >= 11 is 1.47. The van der Waals surface area contributed by atoms with Crippen molar-refractivity contribution in [2.45, 2.75) is 6.04 Å². The number of hydrogen-bond acceptors (Lipinski definition) is 6. The van der Waals surface area contributed by atoms with Gasteiger partial charge in [0.25, 0.3) is 10.2 Å². The second-order valence-electron chi connectivity index (χ2n) is 6.91. The van der Waals surface area contributed by atoms with Gasteiger partial charge in [-0.3, -0.25) is 0 Å². The molecule has 0 unspecified atom stereocenters. The lowest BCUT2D eigenvalue weighted by atomic mass is 9.90. The number of benzene rings is 1. The lowest BCUT2D eigenvalue weighted by Crippen LogP contribution is -2.42. The molecule has 140 valence electrons. The Morgan fingerprint density at radius 1 is 1.27 bits per heavy atom. The summed E-state index contributed by atoms with van der Waals surface area (Å²) in [5.74, 6) is -0.107. The smallest absolute Gasteiger partial charge is 0.282 e. The zero-order valence-electron chi connectivity index (χ0n) is 14.5. The highest BCUT2D eigenvalue weighted by Crippen LogP contribution is 2.47. The highest BCUT2D eigenvalue weighted by molar-refractivity contribution is 7.86. The van der Waals surface area contributed by atoms with Crippen LogP contribution in [-0.4, -0.2) is 61.0 Å². The van der Waals surface area contributed by atoms with Crippen molar-refractivity contribution in [3.8, 4) is 0 Å². The molecule has 1 aromatic heterocycles. The fourth-order valence-electron chi connectivity index (χ4n) is 4.02. The van der Waals surface area contributed by atoms with Crippen molar-refractivity contribution in [3.63, 3.8) is 0 Å². The first kappa shape index (κ1) is 17.8. The third-order valence-electron chi connectivity index (χ3n) is 5.19. The van der Waals surface area contributed by atoms with Crippen LogP contribution in [-0.2, 0) is 10.2 Å². The molecule has 2 saturated heterocycles. The fraction of sp³-hybridized carbons (Fsp3) is 0.500. The molecule has 3 heterocycles. The van der Waals surface area contributed by atoms with E-state index in [1.807, 2.05) is 6.07 Å². The number of anilines is 1. The van der Waals surface area contributed by atoms with Crippen molar-refractivity contribution >= 4 is 26.7 Å². The summed E-state index contributed by atoms with van der Waals surface area (Å²) in [6, 6.07) is 5.88. The predicted molar refractivity (Wildman–Crippen MR) is 97.6 cm³/mol. The molecule has 3 atom stereocenters. The molecule has 0 N–H and O–H groups in total. The van der Waals surface area contributed by atoms with Crippen molar-refractivity contribution < 1.29 is 12.8 Å². The molecule has 0 saturated carbocycles. The summed E-state index contributed by atoms with van der Waals surface area (Å²) in [6.45, 7) is 1.83. The third-order valence-corrected chi connectivity index (χ3v) is 7.83. The van der Waals surface area contributed by atoms with Gasteiger partial charge in [0, 0.05) is 39.6 Å². The highest BCUT2D eigenvalue weighted by atomic mass is 32.2. The van der Waals surface area contributed by atoms with Crippen LogP contribution in [0.15, 0.2) is 29.8 Å². The van der Waals surface area contributed by atoms with Crippen molar-refractivity contribution in [1.82, 2.24) is 18.8 Å². The van der Waals surface area contributed by atoms with E-state index >= 15 is 0 Å². The SMILES string of the molecule is CN(C)S(=O)(=O)N1C[C@@H]2CN(c3nncs3)C[C@@H]2[C@H]1c1cccc(F)c1. The molecule has 0 aliphatic carbocycles. The largest absolute Gasteiger partial charge is 0.346 e. The minimum Gasteiger partial charge on any atom is -0.346 e. The van der Waals surface area contributed by atoms with Crippen LogP contribution in [0.2, 0.25) is 0 Å². The van der Waals surface area contributed by atoms with Crippen LogP contribution >= 0.6 is 11.3 Å². The van der Waals surface area contributed by atoms with Crippen molar-refractivity contribution in [2.75, 3.05) is 38.6 Å². The molecule has 2 aliphatic heterocycles. The Morgan fingerprint density at radius 3 is 2.73 bits per heavy atom. The number of halogens is 1. The Balaban J connectivity index is 1.71. The monoisotopic (exact) mass is 397 g/mol. The van der Waals surface area contributed by atoms with E-state index in [9.17, 15) is 12.8 Å². The van der Waals surface area contributed by atoms with Gasteiger partial charge in [-0.1, -0.05) is 23.5 Å². The molecular weight excluding hydrogens is 377 g/mol. The number of aromatic nitrogens is 2. The third kappa shape index (κ3) is 2.90. The summed E-state index contributed by atoms with van der Waals surface area (Å²) in [5, 5.41) is 8.87. The van der Waals surface area contributed by atoms with Gasteiger partial charge in [0.1, 0.15) is 11.3 Å². The van der Waals surface area contributed by atoms with E-state index in [2.05, 4.69) is 15.1 Å². The minimum absolute atomic E-state index is 0.0791. The number of fused-ring (bicyclic) bond motifs is 1. The lowest BCUT2D eigenvalue weighted by molar-refractivity contribution is 0.327. The van der Waals surface area contributed by atoms with Crippen LogP contribution in [0.5, 0.6) is 0 Å². The Labute approximate surface area is 156 Å². The average Bonchev–Trinajstić information content (AvgIpc) is 3.29. The molecule has 7 nitrogen and oxygen atoms in total. The van der Waals surface area contributed by atoms with Gasteiger partial charge in [-0.15, -0.1) is 10.2 Å². The second kappa shape index (κ2) is 6.52. The second-order valence-corrected chi connectivity index (χ2v) is 9.82. The van der Waals surface area contributed by atoms with Crippen LogP contribution in [0.1, 0.15) is 11.6 Å². The van der Waals surface area contributed by atoms with Gasteiger partial charge in [0.05, 0.1) is 6.04 Å². The maximum Gasteiger partial charge on any atom is 0.282 e. The normalized spacial score (nSPS) is 26.6. The van der Waals surface area contributed by atoms with Gasteiger partial charge >= 0.3 is 0 Å². The summed E-state index contributed by atoms with van der Waals surface area (Å²) in [4.78, 5) is 2.15. The molecule has 4 rings (SSSR count). The lowest BCUT2D eigenvalue weighted by Gasteiger charge is -2.31. The molecule has 26 heavy (non-hydrogen) atoms. The fourth-order valence-corrected chi connectivity index (χ4v) is 5.96. The summed E-state index contributed by atoms with van der Waals surface area (Å²) in [6.07, 6.45) is 0. The molecule has 2 aromatic rings. The first-order chi connectivity index (χ1) is 12.4. The molecule has 10 heteroatoms. The minimum atomic E-state index is -3.60. The predicted octanol–water partition coefficient (Wildman–Crippen LogP) is 1.59. The zero-order chi connectivity index (χ0) is 18.5. The Hall–Kier alpha value is -1.62. The molecular formula is C16H20FN5O2S2. The van der Waals surface area contributed by atoms with E-state index in [0.717, 1.165) is 11.7 Å². The van der Waals surface area contributed by atoms with E-state index < -0.39 is 10.2 Å². The maximum absolute atomic E-state index is 13.8. The van der Waals surface area contributed by atoms with Gasteiger partial charge in [-0.2, -0.15) is 17.0 Å². The maximum atomic E-state index is 13.8. The summed E-state index contributed by atoms with van der Waals surface area (Å²) in [7, 11) is -0.545. The van der Waals surface area contributed by atoms with E-state index in [4.69, 9.17) is 0 Å². The van der Waals surface area contributed by atoms with Gasteiger partial charge in [0.15, 0.2) is 0 Å². The van der Waals surface area contributed by atoms with Gasteiger partial charge in [-0.25, -0.2) is 4.39 Å². The van der Waals surface area contributed by atoms with Crippen LogP contribution in [0.25, 0.3) is 0 Å². The van der Waals surface area contributed by atoms with E-state index in [-0.39, 0.29) is 23.7 Å². The molecule has 0 bridgehead atoms. The van der Waals surface area contributed by atoms with Crippen LogP contribution in [0.4, 0.5) is 9.52 Å². The van der Waals surface area contributed by atoms with Crippen LogP contribution < -0.4 is 4.90 Å². The quantitative estimate of drug-likeness (QED) is 0.784. The average molecular weight is 398 g/mol. The van der Waals surface area contributed by atoms with E-state index in [0.29, 0.717) is 18.7 Å². The zero-order valence-corrected chi connectivity index (χ0v) is 16.1. The standard InChI is InChI=1S/C16H20FN5O2S2/c1-20(2)26(23,24)22-8-12-7-21(16-19-18-10-25-16)9-14(12)15(22)11-4-3-5-13(17)6-11/h3-6,10,12,14-15H,7-9H2,1-2H3/t12-,14-,15+/m0/s1. The topological polar surface area (TPSA) is 69.6 Å². The number of nitrogens with zero attached hydrogens (tertiary/aromatic N) is 5. The van der Waals surface area contributed by atoms with E-state index in [1.165, 1.54) is 46.2 Å². The van der Waals surface area contributed by atoms with Gasteiger partial charge in [-0.05, 0) is 23.6 Å². The molecule has 1 aromatic carbocycles. The number of rotatable bonds is 4. The Morgan fingerprint density at radius 2 is 2.08 bits per heavy atom. The molecule has 0 amide bonds. The van der Waals surface area contributed by atoms with Crippen molar-refractivity contribution in [3.05, 3.63) is 41.2 Å². The number of hydrogen-bond donors (Lipinski definition) is 0. The summed E-state index contributed by atoms with van der Waals surface area (Å²) in [5.41, 5.74) is 2.39. The summed E-state index contributed by atoms with van der Waals surface area (Å²) < 4.78 is 42.3. The van der Waals surface area contributed by atoms with Gasteiger partial charge in [0.2, 0.25) is 5.13 Å². The molecule has 0 radical (unpaired) electrons. The van der Waals surface area contributed by atoms with Crippen molar-refractivity contribution in [2.24, 2.45) is 11.8 Å². The Kier molecular flexibility index (Phi) is 4.46. The van der Waals surface area contributed by atoms with E-state index in [1.54, 1.807) is 11.6 Å². The first-order valence-corrected chi connectivity index (χ1v) is 10.6. The van der Waals surface area contributed by atoms with Crippen LogP contribution in [0, 0.1) is 17.7 Å². The Bertz CT molecular complexity index is 890. The van der Waals surface area contributed by atoms with Crippen LogP contribution in [0.3, 0.4) is 0 Å². The first-order valence-electron chi connectivity index (χ1n) is 8.34. The molecule has 2 aliphatic rings. The molecule has 2 fully saturated rings. The highest BCUT2D eigenvalue weighted by Gasteiger charge is 2.52. The molecule has 0 spiro atoms.